The number of nitrogens with one attached hydrogen (secondary N) is 1. The van der Waals surface area contributed by atoms with Gasteiger partial charge in [0.1, 0.15) is 5.69 Å². The molecule has 7 heteroatoms. The van der Waals surface area contributed by atoms with E-state index in [0.717, 1.165) is 55.0 Å². The van der Waals surface area contributed by atoms with Gasteiger partial charge in [-0.2, -0.15) is 0 Å². The van der Waals surface area contributed by atoms with Crippen LogP contribution in [0.15, 0.2) is 17.6 Å². The van der Waals surface area contributed by atoms with E-state index >= 15 is 0 Å². The van der Waals surface area contributed by atoms with Crippen LogP contribution in [0.4, 0.5) is 0 Å². The maximum absolute atomic E-state index is 12.8. The van der Waals surface area contributed by atoms with Gasteiger partial charge in [-0.1, -0.05) is 11.8 Å². The van der Waals surface area contributed by atoms with E-state index in [9.17, 15) is 4.79 Å². The molecule has 0 aliphatic carbocycles. The second-order valence-electron chi connectivity index (χ2n) is 8.12. The SMILES string of the molecule is O=C(NC1CN2CCC1CC2)c1cc2c(C#CCN3CCOCC3)csc2cn1. The molecule has 0 saturated carbocycles. The molecule has 152 valence electrons. The summed E-state index contributed by atoms with van der Waals surface area (Å²) >= 11 is 1.63. The average Bonchev–Trinajstić information content (AvgIpc) is 3.18. The number of ether oxygens (including phenoxy) is 1. The molecule has 6 heterocycles. The average molecular weight is 411 g/mol. The van der Waals surface area contributed by atoms with Crippen LogP contribution in [-0.4, -0.2) is 79.2 Å². The number of amides is 1. The lowest BCUT2D eigenvalue weighted by molar-refractivity contribution is 0.0443. The number of pyridine rings is 1. The number of morpholine rings is 1. The molecule has 4 aliphatic rings. The van der Waals surface area contributed by atoms with Crippen LogP contribution < -0.4 is 5.32 Å². The van der Waals surface area contributed by atoms with E-state index in [1.54, 1.807) is 17.5 Å². The van der Waals surface area contributed by atoms with E-state index in [0.29, 0.717) is 11.6 Å². The van der Waals surface area contributed by atoms with E-state index < -0.39 is 0 Å². The van der Waals surface area contributed by atoms with Crippen molar-refractivity contribution in [2.45, 2.75) is 18.9 Å². The van der Waals surface area contributed by atoms with E-state index in [1.165, 1.54) is 25.9 Å². The van der Waals surface area contributed by atoms with Gasteiger partial charge < -0.3 is 15.0 Å². The number of hydrogen-bond donors (Lipinski definition) is 1. The van der Waals surface area contributed by atoms with E-state index in [2.05, 4.69) is 37.3 Å². The van der Waals surface area contributed by atoms with E-state index in [-0.39, 0.29) is 11.9 Å². The highest BCUT2D eigenvalue weighted by Gasteiger charge is 2.35. The minimum atomic E-state index is -0.0657. The van der Waals surface area contributed by atoms with Gasteiger partial charge in [-0.3, -0.25) is 9.69 Å². The third-order valence-electron chi connectivity index (χ3n) is 6.30. The first-order chi connectivity index (χ1) is 14.3. The predicted molar refractivity (Wildman–Crippen MR) is 114 cm³/mol. The molecular formula is C22H26N4O2S. The molecule has 1 N–H and O–H groups in total. The highest BCUT2D eigenvalue weighted by molar-refractivity contribution is 7.17. The lowest BCUT2D eigenvalue weighted by Crippen LogP contribution is -2.57. The molecule has 4 fully saturated rings. The Bertz CT molecular complexity index is 949. The Hall–Kier alpha value is -1.98. The largest absolute Gasteiger partial charge is 0.379 e. The van der Waals surface area contributed by atoms with Gasteiger partial charge in [0.05, 0.1) is 24.5 Å². The molecule has 1 unspecified atom stereocenters. The Kier molecular flexibility index (Phi) is 5.51. The summed E-state index contributed by atoms with van der Waals surface area (Å²) in [5.74, 6) is 7.12. The maximum Gasteiger partial charge on any atom is 0.270 e. The smallest absolute Gasteiger partial charge is 0.270 e. The lowest BCUT2D eigenvalue weighted by atomic mass is 9.84. The fourth-order valence-electron chi connectivity index (χ4n) is 4.53. The Morgan fingerprint density at radius 2 is 2.10 bits per heavy atom. The molecule has 2 bridgehead atoms. The van der Waals surface area contributed by atoms with Gasteiger partial charge in [-0.05, 0) is 37.9 Å². The van der Waals surface area contributed by atoms with Crippen molar-refractivity contribution in [2.75, 3.05) is 52.5 Å². The van der Waals surface area contributed by atoms with Gasteiger partial charge in [0.2, 0.25) is 0 Å². The zero-order valence-electron chi connectivity index (χ0n) is 16.5. The molecule has 29 heavy (non-hydrogen) atoms. The minimum Gasteiger partial charge on any atom is -0.379 e. The number of fused-ring (bicyclic) bond motifs is 4. The fraction of sp³-hybridized carbons (Fsp3) is 0.545. The maximum atomic E-state index is 12.8. The molecular weight excluding hydrogens is 384 g/mol. The highest BCUT2D eigenvalue weighted by atomic mass is 32.1. The van der Waals surface area contributed by atoms with Gasteiger partial charge in [0.25, 0.3) is 5.91 Å². The molecule has 0 aromatic carbocycles. The van der Waals surface area contributed by atoms with Crippen molar-refractivity contribution in [3.05, 3.63) is 28.9 Å². The predicted octanol–water partition coefficient (Wildman–Crippen LogP) is 1.80. The van der Waals surface area contributed by atoms with Crippen molar-refractivity contribution in [3.63, 3.8) is 0 Å². The molecule has 6 nitrogen and oxygen atoms in total. The topological polar surface area (TPSA) is 57.7 Å². The minimum absolute atomic E-state index is 0.0657. The quantitative estimate of drug-likeness (QED) is 0.782. The van der Waals surface area contributed by atoms with Gasteiger partial charge in [-0.15, -0.1) is 11.3 Å². The zero-order valence-corrected chi connectivity index (χ0v) is 17.3. The molecule has 1 atom stereocenters. The van der Waals surface area contributed by atoms with Crippen LogP contribution in [0, 0.1) is 17.8 Å². The molecule has 4 aliphatic heterocycles. The van der Waals surface area contributed by atoms with Crippen LogP contribution in [0.3, 0.4) is 0 Å². The number of carbonyl (C=O) groups excluding carboxylic acids is 1. The number of rotatable bonds is 3. The molecule has 2 aromatic heterocycles. The highest BCUT2D eigenvalue weighted by Crippen LogP contribution is 2.28. The second-order valence-corrected chi connectivity index (χ2v) is 9.03. The summed E-state index contributed by atoms with van der Waals surface area (Å²) < 4.78 is 6.45. The molecule has 0 spiro atoms. The molecule has 4 saturated heterocycles. The second kappa shape index (κ2) is 8.41. The molecule has 2 aromatic rings. The van der Waals surface area contributed by atoms with Crippen LogP contribution in [0.25, 0.3) is 10.1 Å². The Morgan fingerprint density at radius 1 is 1.28 bits per heavy atom. The van der Waals surface area contributed by atoms with Gasteiger partial charge in [0, 0.05) is 48.2 Å². The number of hydrogen-bond acceptors (Lipinski definition) is 6. The van der Waals surface area contributed by atoms with Crippen LogP contribution in [0.2, 0.25) is 0 Å². The Labute approximate surface area is 175 Å². The normalized spacial score (nSPS) is 26.8. The van der Waals surface area contributed by atoms with Crippen LogP contribution in [0.5, 0.6) is 0 Å². The van der Waals surface area contributed by atoms with Crippen LogP contribution in [0.1, 0.15) is 28.9 Å². The van der Waals surface area contributed by atoms with Gasteiger partial charge in [0.15, 0.2) is 0 Å². The number of thiophene rings is 1. The summed E-state index contributed by atoms with van der Waals surface area (Å²) in [5, 5.41) is 6.32. The summed E-state index contributed by atoms with van der Waals surface area (Å²) in [5.41, 5.74) is 1.47. The first kappa shape index (κ1) is 19.0. The van der Waals surface area contributed by atoms with E-state index in [1.807, 2.05) is 6.07 Å². The first-order valence-corrected chi connectivity index (χ1v) is 11.3. The lowest BCUT2D eigenvalue weighted by Gasteiger charge is -2.44. The summed E-state index contributed by atoms with van der Waals surface area (Å²) in [6.45, 7) is 7.50. The summed E-state index contributed by atoms with van der Waals surface area (Å²) in [6, 6.07) is 2.15. The number of nitrogens with zero attached hydrogens (tertiary/aromatic N) is 3. The van der Waals surface area contributed by atoms with Crippen LogP contribution >= 0.6 is 11.3 Å². The Balaban J connectivity index is 1.29. The third-order valence-corrected chi connectivity index (χ3v) is 7.23. The van der Waals surface area contributed by atoms with E-state index in [4.69, 9.17) is 4.74 Å². The molecule has 1 amide bonds. The number of aromatic nitrogens is 1. The van der Waals surface area contributed by atoms with Crippen molar-refractivity contribution in [2.24, 2.45) is 5.92 Å². The van der Waals surface area contributed by atoms with Crippen LogP contribution in [-0.2, 0) is 4.74 Å². The first-order valence-electron chi connectivity index (χ1n) is 10.5. The summed E-state index contributed by atoms with van der Waals surface area (Å²) in [6.07, 6.45) is 4.17. The monoisotopic (exact) mass is 410 g/mol. The number of carbonyl (C=O) groups is 1. The zero-order chi connectivity index (χ0) is 19.6. The van der Waals surface area contributed by atoms with Gasteiger partial charge in [-0.25, -0.2) is 4.98 Å². The molecule has 0 radical (unpaired) electrons. The molecule has 6 rings (SSSR count). The fourth-order valence-corrected chi connectivity index (χ4v) is 5.37. The van der Waals surface area contributed by atoms with Crippen molar-refractivity contribution in [3.8, 4) is 11.8 Å². The van der Waals surface area contributed by atoms with Crippen molar-refractivity contribution < 1.29 is 9.53 Å². The van der Waals surface area contributed by atoms with Crippen molar-refractivity contribution in [1.29, 1.82) is 0 Å². The Morgan fingerprint density at radius 3 is 2.86 bits per heavy atom. The number of piperidine rings is 3. The van der Waals surface area contributed by atoms with Crippen molar-refractivity contribution in [1.82, 2.24) is 20.1 Å². The summed E-state index contributed by atoms with van der Waals surface area (Å²) in [7, 11) is 0. The van der Waals surface area contributed by atoms with Gasteiger partial charge >= 0.3 is 0 Å². The summed E-state index contributed by atoms with van der Waals surface area (Å²) in [4.78, 5) is 22.0. The standard InChI is InChI=1S/C22H26N4O2S/c27-22(24-20-14-26-6-3-16(20)4-7-26)19-12-18-17(15-29-21(18)13-23-19)2-1-5-25-8-10-28-11-9-25/h12-13,15-16,20H,3-11,14H2,(H,24,27). The third kappa shape index (κ3) is 4.17. The van der Waals surface area contributed by atoms with Crippen molar-refractivity contribution >= 4 is 27.3 Å².